The van der Waals surface area contributed by atoms with Gasteiger partial charge in [-0.25, -0.2) is 0 Å². The Kier molecular flexibility index (Phi) is 3.75. The molecule has 1 aromatic heterocycles. The number of nitrogens with zero attached hydrogens (tertiary/aromatic N) is 2. The van der Waals surface area contributed by atoms with Crippen LogP contribution in [0.2, 0.25) is 0 Å². The zero-order chi connectivity index (χ0) is 13.9. The van der Waals surface area contributed by atoms with Crippen LogP contribution in [-0.2, 0) is 9.53 Å². The number of nitrogens with one attached hydrogen (secondary N) is 1. The van der Waals surface area contributed by atoms with E-state index in [0.717, 1.165) is 25.0 Å². The van der Waals surface area contributed by atoms with Gasteiger partial charge in [0.05, 0.1) is 12.6 Å². The molecule has 0 aromatic carbocycles. The molecule has 6 heteroatoms. The van der Waals surface area contributed by atoms with Crippen molar-refractivity contribution in [2.45, 2.75) is 18.9 Å². The minimum absolute atomic E-state index is 0.0939. The molecule has 0 radical (unpaired) electrons. The first-order valence-electron chi connectivity index (χ1n) is 6.60. The fourth-order valence-electron chi connectivity index (χ4n) is 2.36. The first-order valence-corrected chi connectivity index (χ1v) is 7.01. The number of carbonyl (C=O) groups excluding carboxylic acids is 1. The van der Waals surface area contributed by atoms with E-state index in [1.54, 1.807) is 23.4 Å². The van der Waals surface area contributed by atoms with Gasteiger partial charge in [0.1, 0.15) is 5.70 Å². The molecule has 0 saturated carbocycles. The normalized spacial score (nSPS) is 24.5. The number of hydrogen-bond acceptors (Lipinski definition) is 4. The van der Waals surface area contributed by atoms with Crippen LogP contribution in [0.1, 0.15) is 18.4 Å². The Morgan fingerprint density at radius 3 is 3.20 bits per heavy atom. The zero-order valence-electron chi connectivity index (χ0n) is 10.9. The van der Waals surface area contributed by atoms with Gasteiger partial charge in [-0.1, -0.05) is 6.07 Å². The summed E-state index contributed by atoms with van der Waals surface area (Å²) in [7, 11) is 0. The number of aromatic nitrogens is 1. The predicted molar refractivity (Wildman–Crippen MR) is 78.6 cm³/mol. The standard InChI is InChI=1S/C14H15N3O2S/c18-13-12(7-10-3-1-5-15-8-10)16-14(20)17(13)9-11-4-2-6-19-11/h1,3,5,7-8,11H,2,4,6,9H2,(H,16,20)/b12-7+/t11-/m0/s1. The van der Waals surface area contributed by atoms with Crippen molar-refractivity contribution in [1.29, 1.82) is 0 Å². The topological polar surface area (TPSA) is 54.5 Å². The van der Waals surface area contributed by atoms with E-state index in [1.165, 1.54) is 0 Å². The highest BCUT2D eigenvalue weighted by Gasteiger charge is 2.33. The average Bonchev–Trinajstić information content (AvgIpc) is 3.05. The quantitative estimate of drug-likeness (QED) is 0.672. The van der Waals surface area contributed by atoms with Crippen LogP contribution in [0.15, 0.2) is 30.2 Å². The molecule has 3 rings (SSSR count). The highest BCUT2D eigenvalue weighted by Crippen LogP contribution is 2.18. The van der Waals surface area contributed by atoms with Gasteiger partial charge >= 0.3 is 0 Å². The molecule has 1 N–H and O–H groups in total. The van der Waals surface area contributed by atoms with E-state index >= 15 is 0 Å². The molecule has 0 aliphatic carbocycles. The molecule has 0 unspecified atom stereocenters. The molecule has 2 aliphatic heterocycles. The first-order chi connectivity index (χ1) is 9.74. The van der Waals surface area contributed by atoms with Gasteiger partial charge in [0.2, 0.25) is 0 Å². The summed E-state index contributed by atoms with van der Waals surface area (Å²) in [6.45, 7) is 1.29. The lowest BCUT2D eigenvalue weighted by Gasteiger charge is -2.18. The highest BCUT2D eigenvalue weighted by molar-refractivity contribution is 7.80. The summed E-state index contributed by atoms with van der Waals surface area (Å²) < 4.78 is 5.55. The third-order valence-corrected chi connectivity index (χ3v) is 3.69. The molecular weight excluding hydrogens is 274 g/mol. The van der Waals surface area contributed by atoms with Gasteiger partial charge < -0.3 is 10.1 Å². The van der Waals surface area contributed by atoms with Crippen molar-refractivity contribution in [2.24, 2.45) is 0 Å². The fourth-order valence-corrected chi connectivity index (χ4v) is 2.62. The van der Waals surface area contributed by atoms with Crippen molar-refractivity contribution >= 4 is 29.3 Å². The second-order valence-electron chi connectivity index (χ2n) is 4.83. The van der Waals surface area contributed by atoms with Crippen molar-refractivity contribution in [3.8, 4) is 0 Å². The lowest BCUT2D eigenvalue weighted by molar-refractivity contribution is -0.123. The molecule has 104 valence electrons. The van der Waals surface area contributed by atoms with Crippen LogP contribution in [0.4, 0.5) is 0 Å². The molecule has 1 atom stereocenters. The number of carbonyl (C=O) groups is 1. The van der Waals surface area contributed by atoms with Gasteiger partial charge in [-0.2, -0.15) is 0 Å². The molecule has 1 aromatic rings. The summed E-state index contributed by atoms with van der Waals surface area (Å²) in [5, 5.41) is 3.41. The van der Waals surface area contributed by atoms with Crippen LogP contribution >= 0.6 is 12.2 Å². The monoisotopic (exact) mass is 289 g/mol. The molecule has 0 bridgehead atoms. The molecule has 20 heavy (non-hydrogen) atoms. The lowest BCUT2D eigenvalue weighted by atomic mass is 10.2. The molecule has 0 spiro atoms. The molecule has 1 amide bonds. The van der Waals surface area contributed by atoms with Crippen molar-refractivity contribution in [3.63, 3.8) is 0 Å². The minimum Gasteiger partial charge on any atom is -0.376 e. The maximum Gasteiger partial charge on any atom is 0.276 e. The van der Waals surface area contributed by atoms with Gasteiger partial charge in [-0.15, -0.1) is 0 Å². The Balaban J connectivity index is 1.74. The van der Waals surface area contributed by atoms with Crippen LogP contribution in [-0.4, -0.2) is 40.2 Å². The van der Waals surface area contributed by atoms with Gasteiger partial charge in [0.25, 0.3) is 5.91 Å². The number of thiocarbonyl (C=S) groups is 1. The third-order valence-electron chi connectivity index (χ3n) is 3.37. The first kappa shape index (κ1) is 13.2. The summed E-state index contributed by atoms with van der Waals surface area (Å²) >= 11 is 5.23. The SMILES string of the molecule is O=C1/C(=C\c2cccnc2)NC(=S)N1C[C@@H]1CCCO1. The average molecular weight is 289 g/mol. The second-order valence-corrected chi connectivity index (χ2v) is 5.21. The van der Waals surface area contributed by atoms with Crippen LogP contribution in [0.3, 0.4) is 0 Å². The molecule has 5 nitrogen and oxygen atoms in total. The number of hydrogen-bond donors (Lipinski definition) is 1. The maximum absolute atomic E-state index is 12.3. The van der Waals surface area contributed by atoms with E-state index in [9.17, 15) is 4.79 Å². The smallest absolute Gasteiger partial charge is 0.276 e. The Morgan fingerprint density at radius 1 is 1.60 bits per heavy atom. The van der Waals surface area contributed by atoms with E-state index in [1.807, 2.05) is 12.1 Å². The summed E-state index contributed by atoms with van der Waals surface area (Å²) in [5.74, 6) is -0.102. The van der Waals surface area contributed by atoms with Crippen LogP contribution in [0, 0.1) is 0 Å². The number of amides is 1. The molecule has 2 fully saturated rings. The zero-order valence-corrected chi connectivity index (χ0v) is 11.7. The van der Waals surface area contributed by atoms with Crippen molar-refractivity contribution in [2.75, 3.05) is 13.2 Å². The van der Waals surface area contributed by atoms with Crippen LogP contribution in [0.25, 0.3) is 6.08 Å². The molecule has 2 saturated heterocycles. The summed E-state index contributed by atoms with van der Waals surface area (Å²) in [6.07, 6.45) is 7.28. The molecule has 3 heterocycles. The van der Waals surface area contributed by atoms with Crippen LogP contribution in [0.5, 0.6) is 0 Å². The van der Waals surface area contributed by atoms with E-state index in [4.69, 9.17) is 17.0 Å². The minimum atomic E-state index is -0.102. The summed E-state index contributed by atoms with van der Waals surface area (Å²) in [5.41, 5.74) is 1.35. The molecular formula is C14H15N3O2S. The summed E-state index contributed by atoms with van der Waals surface area (Å²) in [6, 6.07) is 3.72. The van der Waals surface area contributed by atoms with Gasteiger partial charge in [-0.3, -0.25) is 14.7 Å². The Bertz CT molecular complexity index is 553. The Morgan fingerprint density at radius 2 is 2.50 bits per heavy atom. The van der Waals surface area contributed by atoms with Gasteiger partial charge in [0, 0.05) is 19.0 Å². The predicted octanol–water partition coefficient (Wildman–Crippen LogP) is 1.32. The second kappa shape index (κ2) is 5.68. The summed E-state index contributed by atoms with van der Waals surface area (Å²) in [4.78, 5) is 17.9. The largest absolute Gasteiger partial charge is 0.376 e. The van der Waals surface area contributed by atoms with E-state index in [-0.39, 0.29) is 12.0 Å². The Labute approximate surface area is 122 Å². The van der Waals surface area contributed by atoms with Crippen molar-refractivity contribution < 1.29 is 9.53 Å². The fraction of sp³-hybridized carbons (Fsp3) is 0.357. The lowest BCUT2D eigenvalue weighted by Crippen LogP contribution is -2.37. The number of ether oxygens (including phenoxy) is 1. The number of pyridine rings is 1. The number of rotatable bonds is 3. The van der Waals surface area contributed by atoms with Crippen molar-refractivity contribution in [1.82, 2.24) is 15.2 Å². The van der Waals surface area contributed by atoms with E-state index in [2.05, 4.69) is 10.3 Å². The highest BCUT2D eigenvalue weighted by atomic mass is 32.1. The van der Waals surface area contributed by atoms with Gasteiger partial charge in [0.15, 0.2) is 5.11 Å². The third kappa shape index (κ3) is 2.71. The molecule has 2 aliphatic rings. The van der Waals surface area contributed by atoms with Gasteiger partial charge in [-0.05, 0) is 42.8 Å². The Hall–Kier alpha value is -1.79. The van der Waals surface area contributed by atoms with Crippen LogP contribution < -0.4 is 5.32 Å². The van der Waals surface area contributed by atoms with E-state index in [0.29, 0.717) is 17.4 Å². The maximum atomic E-state index is 12.3. The van der Waals surface area contributed by atoms with Crippen molar-refractivity contribution in [3.05, 3.63) is 35.8 Å². The van der Waals surface area contributed by atoms with E-state index < -0.39 is 0 Å².